The number of alkyl carbamates (subject to hydrolysis) is 2. The van der Waals surface area contributed by atoms with Gasteiger partial charge in [0.25, 0.3) is 0 Å². The van der Waals surface area contributed by atoms with Crippen LogP contribution < -0.4 is 10.6 Å². The zero-order chi connectivity index (χ0) is 24.5. The molecule has 0 aromatic heterocycles. The molecule has 2 amide bonds. The van der Waals surface area contributed by atoms with Crippen LogP contribution in [0.2, 0.25) is 0 Å². The number of fused-ring (bicyclic) bond motifs is 3. The van der Waals surface area contributed by atoms with Crippen LogP contribution in [0.3, 0.4) is 0 Å². The van der Waals surface area contributed by atoms with Crippen LogP contribution in [0.15, 0.2) is 48.5 Å². The SMILES string of the molecule is CC(C)(C)OC(=O)NCC1([C@H](NC(=O)OCC2c3ccccc3-c3ccccc32)C(=O)O)CC1. The maximum absolute atomic E-state index is 12.6. The second-order valence-electron chi connectivity index (χ2n) is 9.96. The van der Waals surface area contributed by atoms with Gasteiger partial charge in [-0.25, -0.2) is 14.4 Å². The smallest absolute Gasteiger partial charge is 0.407 e. The Morgan fingerprint density at radius 3 is 2.06 bits per heavy atom. The predicted molar refractivity (Wildman–Crippen MR) is 126 cm³/mol. The molecule has 180 valence electrons. The van der Waals surface area contributed by atoms with Crippen molar-refractivity contribution in [3.05, 3.63) is 59.7 Å². The van der Waals surface area contributed by atoms with Gasteiger partial charge in [0.1, 0.15) is 18.2 Å². The number of carboxylic acids is 1. The third-order valence-electron chi connectivity index (χ3n) is 6.34. The third-order valence-corrected chi connectivity index (χ3v) is 6.34. The minimum Gasteiger partial charge on any atom is -0.480 e. The molecule has 1 fully saturated rings. The summed E-state index contributed by atoms with van der Waals surface area (Å²) in [6.45, 7) is 5.42. The van der Waals surface area contributed by atoms with Gasteiger partial charge in [0, 0.05) is 17.9 Å². The summed E-state index contributed by atoms with van der Waals surface area (Å²) in [6, 6.07) is 14.8. The first kappa shape index (κ1) is 23.6. The minimum atomic E-state index is -1.18. The lowest BCUT2D eigenvalue weighted by molar-refractivity contribution is -0.141. The number of nitrogens with one attached hydrogen (secondary N) is 2. The molecule has 0 radical (unpaired) electrons. The highest BCUT2D eigenvalue weighted by atomic mass is 16.6. The standard InChI is InChI=1S/C26H30N2O6/c1-25(2,3)34-23(31)27-15-26(12-13-26)21(22(29)30)28-24(32)33-14-20-18-10-6-4-8-16(18)17-9-5-7-11-19(17)20/h4-11,20-21H,12-15H2,1-3H3,(H,27,31)(H,28,32)(H,29,30)/t21-/m1/s1. The average molecular weight is 467 g/mol. The minimum absolute atomic E-state index is 0.0858. The fraction of sp³-hybridized carbons (Fsp3) is 0.423. The first-order valence-corrected chi connectivity index (χ1v) is 11.4. The van der Waals surface area contributed by atoms with Crippen LogP contribution in [0.5, 0.6) is 0 Å². The Morgan fingerprint density at radius 2 is 1.56 bits per heavy atom. The topological polar surface area (TPSA) is 114 Å². The number of hydrogen-bond donors (Lipinski definition) is 3. The number of ether oxygens (including phenoxy) is 2. The van der Waals surface area contributed by atoms with E-state index in [9.17, 15) is 19.5 Å². The molecule has 2 aliphatic carbocycles. The quantitative estimate of drug-likeness (QED) is 0.561. The Balaban J connectivity index is 1.38. The molecule has 2 aromatic rings. The van der Waals surface area contributed by atoms with Crippen molar-refractivity contribution in [1.29, 1.82) is 0 Å². The van der Waals surface area contributed by atoms with Crippen LogP contribution in [0, 0.1) is 5.41 Å². The van der Waals surface area contributed by atoms with Gasteiger partial charge in [-0.2, -0.15) is 0 Å². The lowest BCUT2D eigenvalue weighted by Crippen LogP contribution is -2.51. The summed E-state index contributed by atoms with van der Waals surface area (Å²) in [4.78, 5) is 36.6. The molecule has 2 aromatic carbocycles. The van der Waals surface area contributed by atoms with Gasteiger partial charge in [0.05, 0.1) is 0 Å². The van der Waals surface area contributed by atoms with E-state index in [2.05, 4.69) is 10.6 Å². The van der Waals surface area contributed by atoms with Gasteiger partial charge in [-0.05, 0) is 55.9 Å². The summed E-state index contributed by atoms with van der Waals surface area (Å²) in [5, 5.41) is 14.9. The number of carboxylic acid groups (broad SMARTS) is 1. The van der Waals surface area contributed by atoms with Gasteiger partial charge in [-0.1, -0.05) is 48.5 Å². The molecule has 0 saturated heterocycles. The highest BCUT2D eigenvalue weighted by Crippen LogP contribution is 2.48. The molecule has 0 heterocycles. The van der Waals surface area contributed by atoms with E-state index in [0.717, 1.165) is 22.3 Å². The number of rotatable bonds is 7. The highest BCUT2D eigenvalue weighted by Gasteiger charge is 2.54. The van der Waals surface area contributed by atoms with Gasteiger partial charge >= 0.3 is 18.2 Å². The van der Waals surface area contributed by atoms with Gasteiger partial charge < -0.3 is 25.2 Å². The molecule has 0 bridgehead atoms. The first-order chi connectivity index (χ1) is 16.1. The van der Waals surface area contributed by atoms with E-state index < -0.39 is 35.2 Å². The number of benzene rings is 2. The summed E-state index contributed by atoms with van der Waals surface area (Å²) in [5.74, 6) is -1.29. The second-order valence-corrected chi connectivity index (χ2v) is 9.96. The van der Waals surface area contributed by atoms with Gasteiger partial charge in [0.2, 0.25) is 0 Å². The molecule has 4 rings (SSSR count). The van der Waals surface area contributed by atoms with E-state index in [1.165, 1.54) is 0 Å². The van der Waals surface area contributed by atoms with Crippen molar-refractivity contribution in [3.63, 3.8) is 0 Å². The molecule has 3 N–H and O–H groups in total. The molecule has 1 atom stereocenters. The van der Waals surface area contributed by atoms with Crippen LogP contribution in [0.1, 0.15) is 50.7 Å². The monoisotopic (exact) mass is 466 g/mol. The van der Waals surface area contributed by atoms with Crippen molar-refractivity contribution in [2.75, 3.05) is 13.2 Å². The number of hydrogen-bond acceptors (Lipinski definition) is 5. The summed E-state index contributed by atoms with van der Waals surface area (Å²) in [7, 11) is 0. The number of carbonyl (C=O) groups is 3. The normalized spacial score (nSPS) is 16.6. The van der Waals surface area contributed by atoms with E-state index in [1.807, 2.05) is 48.5 Å². The van der Waals surface area contributed by atoms with Crippen LogP contribution in [0.4, 0.5) is 9.59 Å². The predicted octanol–water partition coefficient (Wildman–Crippen LogP) is 4.28. The average Bonchev–Trinajstić information content (AvgIpc) is 3.49. The van der Waals surface area contributed by atoms with Gasteiger partial charge in [-0.3, -0.25) is 0 Å². The van der Waals surface area contributed by atoms with Crippen molar-refractivity contribution in [3.8, 4) is 11.1 Å². The summed E-state index contributed by atoms with van der Waals surface area (Å²) in [6.07, 6.45) is -0.297. The second kappa shape index (κ2) is 9.00. The van der Waals surface area contributed by atoms with Gasteiger partial charge in [-0.15, -0.1) is 0 Å². The maximum Gasteiger partial charge on any atom is 0.407 e. The Hall–Kier alpha value is -3.55. The number of amides is 2. The van der Waals surface area contributed by atoms with E-state index in [4.69, 9.17) is 9.47 Å². The first-order valence-electron chi connectivity index (χ1n) is 11.4. The van der Waals surface area contributed by atoms with Crippen LogP contribution in [-0.4, -0.2) is 48.1 Å². The Kier molecular flexibility index (Phi) is 6.25. The molecule has 0 spiro atoms. The van der Waals surface area contributed by atoms with Crippen molar-refractivity contribution in [1.82, 2.24) is 10.6 Å². The summed E-state index contributed by atoms with van der Waals surface area (Å²) < 4.78 is 10.7. The fourth-order valence-corrected chi connectivity index (χ4v) is 4.53. The van der Waals surface area contributed by atoms with Crippen molar-refractivity contribution < 1.29 is 29.0 Å². The van der Waals surface area contributed by atoms with E-state index in [1.54, 1.807) is 20.8 Å². The highest BCUT2D eigenvalue weighted by molar-refractivity contribution is 5.82. The molecule has 34 heavy (non-hydrogen) atoms. The largest absolute Gasteiger partial charge is 0.480 e. The molecular formula is C26H30N2O6. The molecule has 1 saturated carbocycles. The number of carbonyl (C=O) groups excluding carboxylic acids is 2. The summed E-state index contributed by atoms with van der Waals surface area (Å²) >= 11 is 0. The third kappa shape index (κ3) is 5.00. The van der Waals surface area contributed by atoms with Crippen LogP contribution >= 0.6 is 0 Å². The van der Waals surface area contributed by atoms with Gasteiger partial charge in [0.15, 0.2) is 0 Å². The van der Waals surface area contributed by atoms with Crippen molar-refractivity contribution in [2.45, 2.75) is 51.2 Å². The Labute approximate surface area is 198 Å². The fourth-order valence-electron chi connectivity index (χ4n) is 4.53. The van der Waals surface area contributed by atoms with Crippen molar-refractivity contribution in [2.24, 2.45) is 5.41 Å². The molecule has 8 nitrogen and oxygen atoms in total. The molecule has 0 aliphatic heterocycles. The van der Waals surface area contributed by atoms with Crippen molar-refractivity contribution >= 4 is 18.2 Å². The lowest BCUT2D eigenvalue weighted by atomic mass is 9.96. The maximum atomic E-state index is 12.6. The zero-order valence-electron chi connectivity index (χ0n) is 19.6. The zero-order valence-corrected chi connectivity index (χ0v) is 19.6. The Bertz CT molecular complexity index is 1060. The van der Waals surface area contributed by atoms with Crippen LogP contribution in [-0.2, 0) is 14.3 Å². The van der Waals surface area contributed by atoms with E-state index in [0.29, 0.717) is 12.8 Å². The van der Waals surface area contributed by atoms with E-state index >= 15 is 0 Å². The number of aliphatic carboxylic acids is 1. The summed E-state index contributed by atoms with van der Waals surface area (Å²) in [5.41, 5.74) is 2.94. The van der Waals surface area contributed by atoms with Crippen LogP contribution in [0.25, 0.3) is 11.1 Å². The molecule has 0 unspecified atom stereocenters. The lowest BCUT2D eigenvalue weighted by Gasteiger charge is -2.26. The molecule has 8 heteroatoms. The molecule has 2 aliphatic rings. The van der Waals surface area contributed by atoms with E-state index in [-0.39, 0.29) is 19.1 Å². The molecular weight excluding hydrogens is 436 g/mol. The Morgan fingerprint density at radius 1 is 1.00 bits per heavy atom.